The molecule has 0 bridgehead atoms. The second-order valence-electron chi connectivity index (χ2n) is 7.69. The summed E-state index contributed by atoms with van der Waals surface area (Å²) in [6.45, 7) is 5.32. The van der Waals surface area contributed by atoms with Gasteiger partial charge in [0.05, 0.1) is 11.3 Å². The van der Waals surface area contributed by atoms with Gasteiger partial charge >= 0.3 is 5.97 Å². The fourth-order valence-corrected chi connectivity index (χ4v) is 4.60. The number of nitrogens with one attached hydrogen (secondary N) is 1. The number of esters is 1. The summed E-state index contributed by atoms with van der Waals surface area (Å²) in [6, 6.07) is 20.8. The zero-order chi connectivity index (χ0) is 23.4. The highest BCUT2D eigenvalue weighted by Gasteiger charge is 2.21. The van der Waals surface area contributed by atoms with E-state index in [9.17, 15) is 9.59 Å². The second kappa shape index (κ2) is 9.92. The minimum absolute atomic E-state index is 0.389. The predicted octanol–water partition coefficient (Wildman–Crippen LogP) is 5.92. The van der Waals surface area contributed by atoms with Gasteiger partial charge in [-0.1, -0.05) is 47.6 Å². The van der Waals surface area contributed by atoms with Crippen molar-refractivity contribution in [2.45, 2.75) is 37.5 Å². The average molecular weight is 461 g/mol. The normalized spacial score (nSPS) is 11.8. The largest absolute Gasteiger partial charge is 0.449 e. The Morgan fingerprint density at radius 2 is 1.76 bits per heavy atom. The number of aromatic nitrogens is 1. The van der Waals surface area contributed by atoms with Crippen molar-refractivity contribution >= 4 is 40.1 Å². The molecule has 33 heavy (non-hydrogen) atoms. The van der Waals surface area contributed by atoms with Crippen molar-refractivity contribution in [1.82, 2.24) is 5.16 Å². The van der Waals surface area contributed by atoms with E-state index in [1.807, 2.05) is 68.4 Å². The smallest absolute Gasteiger partial charge is 0.340 e. The first kappa shape index (κ1) is 22.6. The van der Waals surface area contributed by atoms with Crippen LogP contribution < -0.4 is 5.32 Å². The molecule has 168 valence electrons. The fourth-order valence-electron chi connectivity index (χ4n) is 3.41. The van der Waals surface area contributed by atoms with Gasteiger partial charge in [-0.25, -0.2) is 4.79 Å². The number of nitrogens with zero attached hydrogens (tertiary/aromatic N) is 1. The molecule has 0 aliphatic carbocycles. The van der Waals surface area contributed by atoms with Crippen LogP contribution in [0.3, 0.4) is 0 Å². The molecule has 6 nitrogen and oxygen atoms in total. The molecule has 1 N–H and O–H groups in total. The molecule has 0 aliphatic heterocycles. The number of benzene rings is 3. The van der Waals surface area contributed by atoms with Gasteiger partial charge in [-0.2, -0.15) is 0 Å². The Balaban J connectivity index is 1.41. The molecule has 4 rings (SSSR count). The molecule has 7 heteroatoms. The summed E-state index contributed by atoms with van der Waals surface area (Å²) in [4.78, 5) is 26.3. The highest BCUT2D eigenvalue weighted by Crippen LogP contribution is 2.29. The minimum Gasteiger partial charge on any atom is -0.449 e. The second-order valence-corrected chi connectivity index (χ2v) is 8.70. The van der Waals surface area contributed by atoms with Crippen LogP contribution in [0.5, 0.6) is 0 Å². The van der Waals surface area contributed by atoms with Gasteiger partial charge in [-0.15, -0.1) is 11.8 Å². The van der Waals surface area contributed by atoms with Gasteiger partial charge in [0.25, 0.3) is 5.91 Å². The maximum atomic E-state index is 12.9. The van der Waals surface area contributed by atoms with Crippen molar-refractivity contribution in [1.29, 1.82) is 0 Å². The SMILES string of the molecule is Cc1noc(C)c1CSc1ccccc1C(=O)OC(C)C(=O)Nc1ccc2ccccc2c1. The van der Waals surface area contributed by atoms with E-state index < -0.39 is 12.1 Å². The number of thioether (sulfide) groups is 1. The topological polar surface area (TPSA) is 81.4 Å². The number of aryl methyl sites for hydroxylation is 2. The monoisotopic (exact) mass is 460 g/mol. The van der Waals surface area contributed by atoms with E-state index in [4.69, 9.17) is 9.26 Å². The van der Waals surface area contributed by atoms with E-state index in [1.54, 1.807) is 19.1 Å². The number of rotatable bonds is 7. The lowest BCUT2D eigenvalue weighted by Gasteiger charge is -2.15. The van der Waals surface area contributed by atoms with Crippen LogP contribution in [0.2, 0.25) is 0 Å². The number of ether oxygens (including phenoxy) is 1. The molecule has 4 aromatic rings. The fraction of sp³-hybridized carbons (Fsp3) is 0.192. The van der Waals surface area contributed by atoms with E-state index >= 15 is 0 Å². The highest BCUT2D eigenvalue weighted by molar-refractivity contribution is 7.98. The Kier molecular flexibility index (Phi) is 6.79. The third kappa shape index (κ3) is 5.26. The summed E-state index contributed by atoms with van der Waals surface area (Å²) in [5, 5.41) is 8.90. The van der Waals surface area contributed by atoms with Crippen LogP contribution in [-0.4, -0.2) is 23.1 Å². The summed E-state index contributed by atoms with van der Waals surface area (Å²) in [5.41, 5.74) is 2.90. The third-order valence-electron chi connectivity index (χ3n) is 5.33. The van der Waals surface area contributed by atoms with E-state index in [-0.39, 0.29) is 5.91 Å². The standard InChI is InChI=1S/C26H24N2O4S/c1-16-23(17(2)32-28-16)15-33-24-11-7-6-10-22(24)26(30)31-18(3)25(29)27-21-13-12-19-8-4-5-9-20(19)14-21/h4-14,18H,15H2,1-3H3,(H,27,29). The number of hydrogen-bond acceptors (Lipinski definition) is 6. The summed E-state index contributed by atoms with van der Waals surface area (Å²) in [5.74, 6) is 0.445. The molecule has 1 unspecified atom stereocenters. The number of fused-ring (bicyclic) bond motifs is 1. The molecular formula is C26H24N2O4S. The Morgan fingerprint density at radius 3 is 2.52 bits per heavy atom. The quantitative estimate of drug-likeness (QED) is 0.272. The van der Waals surface area contributed by atoms with Crippen LogP contribution in [0.1, 0.15) is 34.3 Å². The van der Waals surface area contributed by atoms with E-state index in [1.165, 1.54) is 11.8 Å². The van der Waals surface area contributed by atoms with Crippen LogP contribution in [0.15, 0.2) is 76.1 Å². The van der Waals surface area contributed by atoms with Gasteiger partial charge in [0, 0.05) is 21.9 Å². The van der Waals surface area contributed by atoms with Crippen LogP contribution in [0.4, 0.5) is 5.69 Å². The minimum atomic E-state index is -0.954. The molecule has 3 aromatic carbocycles. The number of anilines is 1. The molecule has 0 spiro atoms. The predicted molar refractivity (Wildman–Crippen MR) is 129 cm³/mol. The molecule has 0 radical (unpaired) electrons. The first-order valence-corrected chi connectivity index (χ1v) is 11.5. The van der Waals surface area contributed by atoms with Crippen molar-refractivity contribution < 1.29 is 18.8 Å². The summed E-state index contributed by atoms with van der Waals surface area (Å²) in [6.07, 6.45) is -0.954. The van der Waals surface area contributed by atoms with E-state index in [2.05, 4.69) is 10.5 Å². The molecule has 1 heterocycles. The summed E-state index contributed by atoms with van der Waals surface area (Å²) in [7, 11) is 0. The molecule has 1 aromatic heterocycles. The average Bonchev–Trinajstić information content (AvgIpc) is 3.14. The lowest BCUT2D eigenvalue weighted by molar-refractivity contribution is -0.123. The van der Waals surface area contributed by atoms with Crippen molar-refractivity contribution in [3.63, 3.8) is 0 Å². The maximum Gasteiger partial charge on any atom is 0.340 e. The number of carbonyl (C=O) groups is 2. The van der Waals surface area contributed by atoms with E-state index in [0.29, 0.717) is 17.0 Å². The van der Waals surface area contributed by atoms with Gasteiger partial charge in [0.1, 0.15) is 5.76 Å². The van der Waals surface area contributed by atoms with E-state index in [0.717, 1.165) is 32.7 Å². The highest BCUT2D eigenvalue weighted by atomic mass is 32.2. The Labute approximate surface area is 196 Å². The van der Waals surface area contributed by atoms with Crippen molar-refractivity contribution in [2.24, 2.45) is 0 Å². The van der Waals surface area contributed by atoms with Gasteiger partial charge in [0.2, 0.25) is 0 Å². The Bertz CT molecular complexity index is 1300. The summed E-state index contributed by atoms with van der Waals surface area (Å²) < 4.78 is 10.7. The van der Waals surface area contributed by atoms with Gasteiger partial charge in [-0.05, 0) is 55.8 Å². The summed E-state index contributed by atoms with van der Waals surface area (Å²) >= 11 is 1.50. The number of amides is 1. The molecule has 1 amide bonds. The molecule has 0 aliphatic rings. The molecule has 0 saturated carbocycles. The van der Waals surface area contributed by atoms with Crippen molar-refractivity contribution in [2.75, 3.05) is 5.32 Å². The zero-order valence-corrected chi connectivity index (χ0v) is 19.4. The first-order valence-electron chi connectivity index (χ1n) is 10.6. The lowest BCUT2D eigenvalue weighted by Crippen LogP contribution is -2.30. The van der Waals surface area contributed by atoms with Crippen LogP contribution in [0.25, 0.3) is 10.8 Å². The van der Waals surface area contributed by atoms with Crippen molar-refractivity contribution in [3.05, 3.63) is 89.3 Å². The molecule has 1 atom stereocenters. The lowest BCUT2D eigenvalue weighted by atomic mass is 10.1. The van der Waals surface area contributed by atoms with Crippen LogP contribution in [-0.2, 0) is 15.3 Å². The Hall–Kier alpha value is -3.58. The van der Waals surface area contributed by atoms with Gasteiger partial charge in [0.15, 0.2) is 6.10 Å². The van der Waals surface area contributed by atoms with Crippen molar-refractivity contribution in [3.8, 4) is 0 Å². The van der Waals surface area contributed by atoms with Gasteiger partial charge < -0.3 is 14.6 Å². The Morgan fingerprint density at radius 1 is 1.03 bits per heavy atom. The molecule has 0 saturated heterocycles. The van der Waals surface area contributed by atoms with Gasteiger partial charge in [-0.3, -0.25) is 4.79 Å². The first-order chi connectivity index (χ1) is 15.9. The maximum absolute atomic E-state index is 12.9. The number of carbonyl (C=O) groups excluding carboxylic acids is 2. The molecule has 0 fully saturated rings. The molecular weight excluding hydrogens is 436 g/mol. The van der Waals surface area contributed by atoms with Crippen LogP contribution >= 0.6 is 11.8 Å². The number of hydrogen-bond donors (Lipinski definition) is 1. The third-order valence-corrected chi connectivity index (χ3v) is 6.43. The zero-order valence-electron chi connectivity index (χ0n) is 18.6. The van der Waals surface area contributed by atoms with Crippen LogP contribution in [0, 0.1) is 13.8 Å².